The fraction of sp³-hybridized carbons (Fsp3) is 0.533. The molecule has 0 amide bonds. The molecule has 1 saturated heterocycles. The first-order valence-corrected chi connectivity index (χ1v) is 6.69. The van der Waals surface area contributed by atoms with Gasteiger partial charge in [0, 0.05) is 13.1 Å². The number of rotatable bonds is 2. The van der Waals surface area contributed by atoms with Crippen molar-refractivity contribution in [1.29, 1.82) is 5.41 Å². The van der Waals surface area contributed by atoms with E-state index in [1.165, 1.54) is 6.07 Å². The van der Waals surface area contributed by atoms with Crippen molar-refractivity contribution in [3.63, 3.8) is 0 Å². The third-order valence-electron chi connectivity index (χ3n) is 3.30. The highest BCUT2D eigenvalue weighted by Crippen LogP contribution is 2.33. The summed E-state index contributed by atoms with van der Waals surface area (Å²) in [5, 5.41) is 7.61. The second kappa shape index (κ2) is 4.74. The Morgan fingerprint density at radius 1 is 1.25 bits per heavy atom. The van der Waals surface area contributed by atoms with E-state index in [0.717, 1.165) is 0 Å². The summed E-state index contributed by atoms with van der Waals surface area (Å²) >= 11 is 0. The molecule has 1 aromatic rings. The minimum atomic E-state index is -0.461. The maximum atomic E-state index is 14.0. The normalized spacial score (nSPS) is 20.8. The van der Waals surface area contributed by atoms with E-state index in [1.54, 1.807) is 12.1 Å². The van der Waals surface area contributed by atoms with Gasteiger partial charge in [-0.3, -0.25) is 5.41 Å². The van der Waals surface area contributed by atoms with Crippen molar-refractivity contribution in [2.24, 2.45) is 5.73 Å². The molecule has 3 N–H and O–H groups in total. The lowest BCUT2D eigenvalue weighted by molar-refractivity contribution is -0.133. The van der Waals surface area contributed by atoms with Crippen LogP contribution in [0.2, 0.25) is 0 Å². The van der Waals surface area contributed by atoms with E-state index in [2.05, 4.69) is 0 Å². The monoisotopic (exact) mass is 279 g/mol. The van der Waals surface area contributed by atoms with Crippen LogP contribution in [0.4, 0.5) is 10.1 Å². The SMILES string of the molecule is CC1(C)CN(c2cccc(F)c2C(=N)N)CC(C)(C)O1. The van der Waals surface area contributed by atoms with Crippen molar-refractivity contribution in [2.75, 3.05) is 18.0 Å². The third kappa shape index (κ3) is 2.93. The van der Waals surface area contributed by atoms with Gasteiger partial charge in [-0.2, -0.15) is 0 Å². The van der Waals surface area contributed by atoms with Crippen LogP contribution in [0, 0.1) is 11.2 Å². The molecule has 20 heavy (non-hydrogen) atoms. The number of hydrogen-bond donors (Lipinski definition) is 2. The molecule has 0 aromatic heterocycles. The Labute approximate surface area is 119 Å². The predicted molar refractivity (Wildman–Crippen MR) is 78.9 cm³/mol. The molecule has 0 atom stereocenters. The Bertz CT molecular complexity index is 524. The average molecular weight is 279 g/mol. The van der Waals surface area contributed by atoms with Gasteiger partial charge in [0.05, 0.1) is 22.5 Å². The molecule has 4 nitrogen and oxygen atoms in total. The molecule has 0 radical (unpaired) electrons. The quantitative estimate of drug-likeness (QED) is 0.646. The minimum Gasteiger partial charge on any atom is -0.384 e. The van der Waals surface area contributed by atoms with Crippen LogP contribution in [0.1, 0.15) is 33.3 Å². The average Bonchev–Trinajstić information content (AvgIpc) is 2.23. The van der Waals surface area contributed by atoms with E-state index in [9.17, 15) is 4.39 Å². The summed E-state index contributed by atoms with van der Waals surface area (Å²) in [5.41, 5.74) is 5.67. The van der Waals surface area contributed by atoms with Gasteiger partial charge in [-0.25, -0.2) is 4.39 Å². The van der Waals surface area contributed by atoms with Gasteiger partial charge in [0.2, 0.25) is 0 Å². The van der Waals surface area contributed by atoms with Crippen LogP contribution in [0.5, 0.6) is 0 Å². The lowest BCUT2D eigenvalue weighted by atomic mass is 9.97. The summed E-state index contributed by atoms with van der Waals surface area (Å²) in [7, 11) is 0. The van der Waals surface area contributed by atoms with Crippen LogP contribution in [-0.2, 0) is 4.74 Å². The van der Waals surface area contributed by atoms with Gasteiger partial charge in [-0.15, -0.1) is 0 Å². The molecule has 1 aliphatic heterocycles. The molecule has 2 rings (SSSR count). The molecule has 0 bridgehead atoms. The first-order valence-electron chi connectivity index (χ1n) is 6.69. The van der Waals surface area contributed by atoms with Gasteiger partial charge < -0.3 is 15.4 Å². The van der Waals surface area contributed by atoms with E-state index < -0.39 is 5.82 Å². The number of amidine groups is 1. The zero-order valence-corrected chi connectivity index (χ0v) is 12.5. The van der Waals surface area contributed by atoms with Gasteiger partial charge in [0.1, 0.15) is 11.7 Å². The third-order valence-corrected chi connectivity index (χ3v) is 3.30. The number of nitrogen functional groups attached to an aromatic ring is 1. The summed E-state index contributed by atoms with van der Waals surface area (Å²) in [6.45, 7) is 9.28. The van der Waals surface area contributed by atoms with Crippen LogP contribution in [0.3, 0.4) is 0 Å². The van der Waals surface area contributed by atoms with Crippen molar-refractivity contribution >= 4 is 11.5 Å². The Morgan fingerprint density at radius 2 is 1.80 bits per heavy atom. The standard InChI is InChI=1S/C15H22FN3O/c1-14(2)8-19(9-15(3,4)20-14)11-7-5-6-10(16)12(11)13(17)18/h5-7H,8-9H2,1-4H3,(H3,17,18). The summed E-state index contributed by atoms with van der Waals surface area (Å²) < 4.78 is 20.0. The highest BCUT2D eigenvalue weighted by atomic mass is 19.1. The number of nitrogens with zero attached hydrogens (tertiary/aromatic N) is 1. The molecule has 1 fully saturated rings. The van der Waals surface area contributed by atoms with Crippen LogP contribution >= 0.6 is 0 Å². The highest BCUT2D eigenvalue weighted by molar-refractivity contribution is 6.00. The molecule has 1 heterocycles. The number of morpholine rings is 1. The maximum Gasteiger partial charge on any atom is 0.136 e. The van der Waals surface area contributed by atoms with Crippen molar-refractivity contribution < 1.29 is 9.13 Å². The number of nitrogens with one attached hydrogen (secondary N) is 1. The van der Waals surface area contributed by atoms with Crippen molar-refractivity contribution in [3.8, 4) is 0 Å². The van der Waals surface area contributed by atoms with Gasteiger partial charge in [0.25, 0.3) is 0 Å². The molecule has 0 unspecified atom stereocenters. The first-order chi connectivity index (χ1) is 9.11. The number of halogens is 1. The molecule has 0 saturated carbocycles. The topological polar surface area (TPSA) is 62.3 Å². The van der Waals surface area contributed by atoms with Crippen LogP contribution in [0.15, 0.2) is 18.2 Å². The van der Waals surface area contributed by atoms with Crippen LogP contribution < -0.4 is 10.6 Å². The number of anilines is 1. The Balaban J connectivity index is 2.46. The molecule has 1 aliphatic rings. The van der Waals surface area contributed by atoms with Gasteiger partial charge >= 0.3 is 0 Å². The van der Waals surface area contributed by atoms with Crippen LogP contribution in [-0.4, -0.2) is 30.1 Å². The van der Waals surface area contributed by atoms with Crippen molar-refractivity contribution in [1.82, 2.24) is 0 Å². The zero-order valence-electron chi connectivity index (χ0n) is 12.5. The minimum absolute atomic E-state index is 0.168. The molecule has 110 valence electrons. The lowest BCUT2D eigenvalue weighted by Gasteiger charge is -2.48. The van der Waals surface area contributed by atoms with E-state index in [-0.39, 0.29) is 22.6 Å². The van der Waals surface area contributed by atoms with E-state index >= 15 is 0 Å². The Morgan fingerprint density at radius 3 is 2.30 bits per heavy atom. The highest BCUT2D eigenvalue weighted by Gasteiger charge is 2.39. The molecule has 1 aromatic carbocycles. The summed E-state index contributed by atoms with van der Waals surface area (Å²) in [6.07, 6.45) is 0. The molecular weight excluding hydrogens is 257 g/mol. The number of nitrogens with two attached hydrogens (primary N) is 1. The maximum absolute atomic E-state index is 14.0. The van der Waals surface area contributed by atoms with E-state index in [4.69, 9.17) is 15.9 Å². The summed E-state index contributed by atoms with van der Waals surface area (Å²) in [6, 6.07) is 4.78. The second-order valence-corrected chi connectivity index (χ2v) is 6.53. The van der Waals surface area contributed by atoms with Crippen LogP contribution in [0.25, 0.3) is 0 Å². The summed E-state index contributed by atoms with van der Waals surface area (Å²) in [5.74, 6) is -0.711. The Hall–Kier alpha value is -1.62. The number of benzene rings is 1. The van der Waals surface area contributed by atoms with Gasteiger partial charge in [-0.05, 0) is 39.8 Å². The zero-order chi connectivity index (χ0) is 15.1. The fourth-order valence-corrected chi connectivity index (χ4v) is 3.00. The fourth-order valence-electron chi connectivity index (χ4n) is 3.00. The van der Waals surface area contributed by atoms with Gasteiger partial charge in [-0.1, -0.05) is 6.07 Å². The number of hydrogen-bond acceptors (Lipinski definition) is 3. The lowest BCUT2D eigenvalue weighted by Crippen LogP contribution is -2.57. The predicted octanol–water partition coefficient (Wildman–Crippen LogP) is 2.50. The molecule has 5 heteroatoms. The number of ether oxygens (including phenoxy) is 1. The molecule has 0 spiro atoms. The van der Waals surface area contributed by atoms with Gasteiger partial charge in [0.15, 0.2) is 0 Å². The first kappa shape index (κ1) is 14.8. The Kier molecular flexibility index (Phi) is 3.50. The van der Waals surface area contributed by atoms with E-state index in [1.807, 2.05) is 32.6 Å². The smallest absolute Gasteiger partial charge is 0.136 e. The van der Waals surface area contributed by atoms with Crippen molar-refractivity contribution in [2.45, 2.75) is 38.9 Å². The van der Waals surface area contributed by atoms with E-state index in [0.29, 0.717) is 18.8 Å². The largest absolute Gasteiger partial charge is 0.384 e. The van der Waals surface area contributed by atoms with Crippen molar-refractivity contribution in [3.05, 3.63) is 29.6 Å². The summed E-state index contributed by atoms with van der Waals surface area (Å²) in [4.78, 5) is 2.04. The molecular formula is C15H22FN3O. The second-order valence-electron chi connectivity index (χ2n) is 6.53. The molecule has 0 aliphatic carbocycles.